The lowest BCUT2D eigenvalue weighted by atomic mass is 10.1. The van der Waals surface area contributed by atoms with Gasteiger partial charge >= 0.3 is 0 Å². The average Bonchev–Trinajstić information content (AvgIpc) is 3.55. The molecule has 3 heterocycles. The van der Waals surface area contributed by atoms with Crippen LogP contribution in [0.4, 0.5) is 0 Å². The predicted octanol–water partition coefficient (Wildman–Crippen LogP) is 5.37. The van der Waals surface area contributed by atoms with Crippen molar-refractivity contribution >= 4 is 5.91 Å². The third kappa shape index (κ3) is 4.60. The molecule has 0 spiro atoms. The van der Waals surface area contributed by atoms with Crippen molar-refractivity contribution in [1.82, 2.24) is 19.7 Å². The summed E-state index contributed by atoms with van der Waals surface area (Å²) < 4.78 is 7.26. The Hall–Kier alpha value is -4.45. The van der Waals surface area contributed by atoms with Gasteiger partial charge in [-0.3, -0.25) is 9.78 Å². The number of para-hydroxylation sites is 1. The molecule has 0 radical (unpaired) electrons. The number of hydrogen-bond acceptors (Lipinski definition) is 4. The molecular formula is C27H22N4O2. The topological polar surface area (TPSA) is 64.2 Å². The molecule has 0 aliphatic rings. The van der Waals surface area contributed by atoms with E-state index in [1.54, 1.807) is 28.2 Å². The van der Waals surface area contributed by atoms with Crippen LogP contribution < -0.4 is 0 Å². The van der Waals surface area contributed by atoms with Crippen LogP contribution in [0.25, 0.3) is 16.9 Å². The first-order chi connectivity index (χ1) is 16.3. The third-order valence-electron chi connectivity index (χ3n) is 5.31. The van der Waals surface area contributed by atoms with Gasteiger partial charge < -0.3 is 9.32 Å². The molecule has 33 heavy (non-hydrogen) atoms. The van der Waals surface area contributed by atoms with Crippen molar-refractivity contribution in [1.29, 1.82) is 0 Å². The van der Waals surface area contributed by atoms with Gasteiger partial charge in [0.05, 0.1) is 24.2 Å². The Balaban J connectivity index is 1.57. The molecule has 6 heteroatoms. The number of nitrogens with zero attached hydrogens (tertiary/aromatic N) is 4. The number of carbonyl (C=O) groups is 1. The number of benzene rings is 2. The second-order valence-corrected chi connectivity index (χ2v) is 7.63. The number of aromatic nitrogens is 3. The third-order valence-corrected chi connectivity index (χ3v) is 5.31. The minimum atomic E-state index is -0.145. The lowest BCUT2D eigenvalue weighted by Crippen LogP contribution is -2.31. The first-order valence-corrected chi connectivity index (χ1v) is 10.7. The smallest absolute Gasteiger partial charge is 0.273 e. The zero-order valence-electron chi connectivity index (χ0n) is 17.9. The molecule has 0 bridgehead atoms. The summed E-state index contributed by atoms with van der Waals surface area (Å²) in [5.41, 5.74) is 3.93. The molecule has 5 rings (SSSR count). The van der Waals surface area contributed by atoms with Crippen LogP contribution in [0.15, 0.2) is 114 Å². The van der Waals surface area contributed by atoms with Gasteiger partial charge in [0.15, 0.2) is 0 Å². The van der Waals surface area contributed by atoms with Gasteiger partial charge in [-0.05, 0) is 42.0 Å². The largest absolute Gasteiger partial charge is 0.467 e. The molecule has 6 nitrogen and oxygen atoms in total. The fourth-order valence-corrected chi connectivity index (χ4v) is 3.71. The van der Waals surface area contributed by atoms with E-state index in [1.807, 2.05) is 91.0 Å². The van der Waals surface area contributed by atoms with Gasteiger partial charge in [0.2, 0.25) is 0 Å². The van der Waals surface area contributed by atoms with Crippen LogP contribution in [0.3, 0.4) is 0 Å². The molecule has 0 saturated carbocycles. The molecule has 0 aliphatic heterocycles. The fourth-order valence-electron chi connectivity index (χ4n) is 3.71. The van der Waals surface area contributed by atoms with E-state index in [0.717, 1.165) is 22.5 Å². The summed E-state index contributed by atoms with van der Waals surface area (Å²) in [6.07, 6.45) is 5.11. The number of rotatable bonds is 7. The van der Waals surface area contributed by atoms with Crippen molar-refractivity contribution in [2.75, 3.05) is 0 Å². The molecule has 0 N–H and O–H groups in total. The Kier molecular flexibility index (Phi) is 5.80. The summed E-state index contributed by atoms with van der Waals surface area (Å²) in [6.45, 7) is 0.732. The van der Waals surface area contributed by atoms with E-state index >= 15 is 0 Å². The molecule has 162 valence electrons. The molecule has 0 fully saturated rings. The van der Waals surface area contributed by atoms with Crippen LogP contribution in [0.1, 0.15) is 21.8 Å². The van der Waals surface area contributed by atoms with E-state index in [-0.39, 0.29) is 5.91 Å². The van der Waals surface area contributed by atoms with Crippen molar-refractivity contribution in [3.8, 4) is 16.9 Å². The minimum Gasteiger partial charge on any atom is -0.467 e. The number of pyridine rings is 1. The van der Waals surface area contributed by atoms with Crippen LogP contribution in [0, 0.1) is 0 Å². The fraction of sp³-hybridized carbons (Fsp3) is 0.0741. The van der Waals surface area contributed by atoms with E-state index in [4.69, 9.17) is 9.52 Å². The molecule has 0 unspecified atom stereocenters. The van der Waals surface area contributed by atoms with Gasteiger partial charge in [-0.2, -0.15) is 5.10 Å². The first-order valence-electron chi connectivity index (χ1n) is 10.7. The second-order valence-electron chi connectivity index (χ2n) is 7.63. The number of hydrogen-bond donors (Lipinski definition) is 0. The Morgan fingerprint density at radius 1 is 0.879 bits per heavy atom. The highest BCUT2D eigenvalue weighted by atomic mass is 16.3. The zero-order valence-corrected chi connectivity index (χ0v) is 17.9. The SMILES string of the molecule is O=C(c1cc(-c2ccccc2)nn1-c1ccccc1)N(Cc1cccnc1)Cc1ccco1. The van der Waals surface area contributed by atoms with Gasteiger partial charge in [-0.1, -0.05) is 54.6 Å². The Labute approximate surface area is 191 Å². The Morgan fingerprint density at radius 3 is 2.36 bits per heavy atom. The van der Waals surface area contributed by atoms with E-state index < -0.39 is 0 Å². The maximum atomic E-state index is 13.9. The summed E-state index contributed by atoms with van der Waals surface area (Å²) in [4.78, 5) is 19.9. The molecule has 0 atom stereocenters. The van der Waals surface area contributed by atoms with Gasteiger partial charge in [0, 0.05) is 24.5 Å². The first kappa shape index (κ1) is 20.5. The number of amides is 1. The Morgan fingerprint density at radius 2 is 1.67 bits per heavy atom. The quantitative estimate of drug-likeness (QED) is 0.345. The molecule has 2 aromatic carbocycles. The van der Waals surface area contributed by atoms with Crippen molar-refractivity contribution < 1.29 is 9.21 Å². The maximum absolute atomic E-state index is 13.9. The summed E-state index contributed by atoms with van der Waals surface area (Å²) in [7, 11) is 0. The van der Waals surface area contributed by atoms with Gasteiger partial charge in [-0.15, -0.1) is 0 Å². The maximum Gasteiger partial charge on any atom is 0.273 e. The molecule has 3 aromatic heterocycles. The highest BCUT2D eigenvalue weighted by Crippen LogP contribution is 2.24. The predicted molar refractivity (Wildman–Crippen MR) is 126 cm³/mol. The summed E-state index contributed by atoms with van der Waals surface area (Å²) in [5, 5.41) is 4.79. The van der Waals surface area contributed by atoms with E-state index in [0.29, 0.717) is 24.5 Å². The normalized spacial score (nSPS) is 10.8. The minimum absolute atomic E-state index is 0.145. The van der Waals surface area contributed by atoms with Gasteiger partial charge in [0.25, 0.3) is 5.91 Å². The summed E-state index contributed by atoms with van der Waals surface area (Å²) in [6, 6.07) is 28.9. The standard InChI is InChI=1S/C27H22N4O2/c32-27(30(20-24-14-8-16-33-24)19-21-9-7-15-28-18-21)26-17-25(22-10-3-1-4-11-22)29-31(26)23-12-5-2-6-13-23/h1-18H,19-20H2. The highest BCUT2D eigenvalue weighted by Gasteiger charge is 2.24. The lowest BCUT2D eigenvalue weighted by molar-refractivity contribution is 0.0708. The number of furan rings is 1. The van der Waals surface area contributed by atoms with Crippen LogP contribution in [-0.2, 0) is 13.1 Å². The summed E-state index contributed by atoms with van der Waals surface area (Å²) >= 11 is 0. The molecule has 1 amide bonds. The average molecular weight is 434 g/mol. The zero-order chi connectivity index (χ0) is 22.5. The second kappa shape index (κ2) is 9.36. The van der Waals surface area contributed by atoms with E-state index in [9.17, 15) is 4.79 Å². The van der Waals surface area contributed by atoms with Crippen molar-refractivity contribution in [2.45, 2.75) is 13.1 Å². The molecule has 0 aliphatic carbocycles. The van der Waals surface area contributed by atoms with Crippen molar-refractivity contribution in [3.05, 3.63) is 127 Å². The van der Waals surface area contributed by atoms with Crippen molar-refractivity contribution in [3.63, 3.8) is 0 Å². The van der Waals surface area contributed by atoms with Crippen molar-refractivity contribution in [2.24, 2.45) is 0 Å². The highest BCUT2D eigenvalue weighted by molar-refractivity contribution is 5.94. The van der Waals surface area contributed by atoms with Crippen LogP contribution >= 0.6 is 0 Å². The molecule has 0 saturated heterocycles. The monoisotopic (exact) mass is 434 g/mol. The summed E-state index contributed by atoms with van der Waals surface area (Å²) in [5.74, 6) is 0.565. The van der Waals surface area contributed by atoms with E-state index in [2.05, 4.69) is 4.98 Å². The van der Waals surface area contributed by atoms with Crippen LogP contribution in [0.2, 0.25) is 0 Å². The van der Waals surface area contributed by atoms with Gasteiger partial charge in [0.1, 0.15) is 11.5 Å². The lowest BCUT2D eigenvalue weighted by Gasteiger charge is -2.22. The van der Waals surface area contributed by atoms with Crippen LogP contribution in [-0.4, -0.2) is 25.6 Å². The number of carbonyl (C=O) groups excluding carboxylic acids is 1. The van der Waals surface area contributed by atoms with Gasteiger partial charge in [-0.25, -0.2) is 4.68 Å². The van der Waals surface area contributed by atoms with E-state index in [1.165, 1.54) is 0 Å². The molecule has 5 aromatic rings. The Bertz CT molecular complexity index is 1310. The van der Waals surface area contributed by atoms with Crippen LogP contribution in [0.5, 0.6) is 0 Å². The molecular weight excluding hydrogens is 412 g/mol.